The van der Waals surface area contributed by atoms with Gasteiger partial charge in [-0.15, -0.1) is 0 Å². The van der Waals surface area contributed by atoms with Crippen LogP contribution in [-0.2, 0) is 0 Å². The molecule has 0 aliphatic heterocycles. The summed E-state index contributed by atoms with van der Waals surface area (Å²) in [6.45, 7) is 2.04. The first-order chi connectivity index (χ1) is 4.84. The van der Waals surface area contributed by atoms with Crippen LogP contribution in [0, 0.1) is 0 Å². The van der Waals surface area contributed by atoms with Gasteiger partial charge in [-0.05, 0) is 12.5 Å². The van der Waals surface area contributed by atoms with Gasteiger partial charge in [0.2, 0.25) is 0 Å². The van der Waals surface area contributed by atoms with Crippen molar-refractivity contribution in [2.45, 2.75) is 25.9 Å². The summed E-state index contributed by atoms with van der Waals surface area (Å²) in [7, 11) is 0. The standard InChI is InChI=1S/C8H12O2/c1-2-3-8(9)7-4-5-10-6-7/h4-6,8-9H,2-3H2,1H3. The zero-order valence-electron chi connectivity index (χ0n) is 6.08. The van der Waals surface area contributed by atoms with E-state index in [1.807, 2.05) is 6.92 Å². The molecule has 1 unspecified atom stereocenters. The van der Waals surface area contributed by atoms with Crippen molar-refractivity contribution in [2.75, 3.05) is 0 Å². The Bertz CT molecular complexity index is 167. The largest absolute Gasteiger partial charge is 0.472 e. The lowest BCUT2D eigenvalue weighted by Gasteiger charge is -2.03. The highest BCUT2D eigenvalue weighted by molar-refractivity contribution is 5.08. The van der Waals surface area contributed by atoms with E-state index in [0.29, 0.717) is 0 Å². The molecule has 2 heteroatoms. The van der Waals surface area contributed by atoms with Crippen LogP contribution in [0.25, 0.3) is 0 Å². The fourth-order valence-electron chi connectivity index (χ4n) is 0.905. The third-order valence-corrected chi connectivity index (χ3v) is 1.49. The summed E-state index contributed by atoms with van der Waals surface area (Å²) >= 11 is 0. The number of aliphatic hydroxyl groups excluding tert-OH is 1. The molecule has 56 valence electrons. The molecule has 0 spiro atoms. The molecule has 0 saturated carbocycles. The second kappa shape index (κ2) is 3.42. The van der Waals surface area contributed by atoms with Crippen molar-refractivity contribution < 1.29 is 9.52 Å². The Morgan fingerprint density at radius 1 is 1.70 bits per heavy atom. The molecule has 1 heterocycles. The van der Waals surface area contributed by atoms with Gasteiger partial charge in [-0.3, -0.25) is 0 Å². The Balaban J connectivity index is 2.50. The second-order valence-corrected chi connectivity index (χ2v) is 2.36. The summed E-state index contributed by atoms with van der Waals surface area (Å²) in [5.41, 5.74) is 0.877. The van der Waals surface area contributed by atoms with Gasteiger partial charge in [-0.25, -0.2) is 0 Å². The van der Waals surface area contributed by atoms with E-state index in [2.05, 4.69) is 0 Å². The minimum atomic E-state index is -0.344. The van der Waals surface area contributed by atoms with Crippen LogP contribution in [0.4, 0.5) is 0 Å². The Kier molecular flexibility index (Phi) is 2.51. The monoisotopic (exact) mass is 140 g/mol. The van der Waals surface area contributed by atoms with Crippen LogP contribution in [0.2, 0.25) is 0 Å². The summed E-state index contributed by atoms with van der Waals surface area (Å²) in [4.78, 5) is 0. The molecule has 0 aliphatic rings. The lowest BCUT2D eigenvalue weighted by molar-refractivity contribution is 0.165. The number of furan rings is 1. The van der Waals surface area contributed by atoms with Gasteiger partial charge in [-0.2, -0.15) is 0 Å². The van der Waals surface area contributed by atoms with Crippen LogP contribution in [0.15, 0.2) is 23.0 Å². The van der Waals surface area contributed by atoms with Gasteiger partial charge in [-0.1, -0.05) is 13.3 Å². The summed E-state index contributed by atoms with van der Waals surface area (Å²) < 4.78 is 4.82. The van der Waals surface area contributed by atoms with Gasteiger partial charge < -0.3 is 9.52 Å². The van der Waals surface area contributed by atoms with E-state index in [1.165, 1.54) is 0 Å². The van der Waals surface area contributed by atoms with Crippen molar-refractivity contribution in [3.05, 3.63) is 24.2 Å². The normalized spacial score (nSPS) is 13.4. The predicted octanol–water partition coefficient (Wildman–Crippen LogP) is 2.11. The maximum Gasteiger partial charge on any atom is 0.0960 e. The number of aliphatic hydroxyl groups is 1. The quantitative estimate of drug-likeness (QED) is 0.697. The maximum atomic E-state index is 9.35. The number of hydrogen-bond donors (Lipinski definition) is 1. The SMILES string of the molecule is CCCC(O)c1ccoc1. The average molecular weight is 140 g/mol. The Morgan fingerprint density at radius 3 is 3.00 bits per heavy atom. The first kappa shape index (κ1) is 7.35. The maximum absolute atomic E-state index is 9.35. The molecule has 0 amide bonds. The van der Waals surface area contributed by atoms with Gasteiger partial charge in [0.1, 0.15) is 0 Å². The van der Waals surface area contributed by atoms with E-state index in [4.69, 9.17) is 4.42 Å². The molecule has 1 aromatic rings. The molecule has 1 N–H and O–H groups in total. The zero-order valence-corrected chi connectivity index (χ0v) is 6.08. The van der Waals surface area contributed by atoms with Gasteiger partial charge in [0, 0.05) is 5.56 Å². The van der Waals surface area contributed by atoms with Gasteiger partial charge >= 0.3 is 0 Å². The third-order valence-electron chi connectivity index (χ3n) is 1.49. The van der Waals surface area contributed by atoms with Crippen LogP contribution >= 0.6 is 0 Å². The Morgan fingerprint density at radius 2 is 2.50 bits per heavy atom. The molecule has 10 heavy (non-hydrogen) atoms. The van der Waals surface area contributed by atoms with Gasteiger partial charge in [0.15, 0.2) is 0 Å². The molecule has 0 bridgehead atoms. The highest BCUT2D eigenvalue weighted by atomic mass is 16.3. The molecule has 1 rings (SSSR count). The van der Waals surface area contributed by atoms with Gasteiger partial charge in [0.25, 0.3) is 0 Å². The summed E-state index contributed by atoms with van der Waals surface area (Å²) in [5, 5.41) is 9.35. The van der Waals surface area contributed by atoms with Crippen LogP contribution < -0.4 is 0 Å². The number of hydrogen-bond acceptors (Lipinski definition) is 2. The third kappa shape index (κ3) is 1.61. The van der Waals surface area contributed by atoms with E-state index in [0.717, 1.165) is 18.4 Å². The van der Waals surface area contributed by atoms with Crippen molar-refractivity contribution in [2.24, 2.45) is 0 Å². The molecule has 0 aliphatic carbocycles. The van der Waals surface area contributed by atoms with E-state index in [-0.39, 0.29) is 6.10 Å². The predicted molar refractivity (Wildman–Crippen MR) is 38.6 cm³/mol. The molecule has 1 aromatic heterocycles. The molecule has 0 saturated heterocycles. The van der Waals surface area contributed by atoms with Crippen LogP contribution in [0.5, 0.6) is 0 Å². The van der Waals surface area contributed by atoms with Crippen LogP contribution in [0.3, 0.4) is 0 Å². The van der Waals surface area contributed by atoms with E-state index < -0.39 is 0 Å². The van der Waals surface area contributed by atoms with Crippen molar-refractivity contribution in [3.63, 3.8) is 0 Å². The van der Waals surface area contributed by atoms with Crippen molar-refractivity contribution in [3.8, 4) is 0 Å². The smallest absolute Gasteiger partial charge is 0.0960 e. The average Bonchev–Trinajstić information content (AvgIpc) is 2.38. The fourth-order valence-corrected chi connectivity index (χ4v) is 0.905. The first-order valence-electron chi connectivity index (χ1n) is 3.54. The second-order valence-electron chi connectivity index (χ2n) is 2.36. The van der Waals surface area contributed by atoms with Crippen LogP contribution in [0.1, 0.15) is 31.4 Å². The van der Waals surface area contributed by atoms with Crippen molar-refractivity contribution in [1.29, 1.82) is 0 Å². The highest BCUT2D eigenvalue weighted by Gasteiger charge is 2.05. The fraction of sp³-hybridized carbons (Fsp3) is 0.500. The molecule has 1 atom stereocenters. The molecular weight excluding hydrogens is 128 g/mol. The van der Waals surface area contributed by atoms with E-state index in [9.17, 15) is 5.11 Å². The summed E-state index contributed by atoms with van der Waals surface area (Å²) in [6.07, 6.45) is 4.62. The van der Waals surface area contributed by atoms with Crippen molar-refractivity contribution >= 4 is 0 Å². The minimum Gasteiger partial charge on any atom is -0.472 e. The molecular formula is C8H12O2. The lowest BCUT2D eigenvalue weighted by atomic mass is 10.1. The highest BCUT2D eigenvalue weighted by Crippen LogP contribution is 2.17. The molecule has 0 radical (unpaired) electrons. The molecule has 2 nitrogen and oxygen atoms in total. The van der Waals surface area contributed by atoms with Gasteiger partial charge in [0.05, 0.1) is 18.6 Å². The minimum absolute atomic E-state index is 0.344. The molecule has 0 fully saturated rings. The van der Waals surface area contributed by atoms with Crippen molar-refractivity contribution in [1.82, 2.24) is 0 Å². The number of rotatable bonds is 3. The molecule has 0 aromatic carbocycles. The topological polar surface area (TPSA) is 33.4 Å². The Hall–Kier alpha value is -0.760. The van der Waals surface area contributed by atoms with Crippen LogP contribution in [-0.4, -0.2) is 5.11 Å². The van der Waals surface area contributed by atoms with E-state index in [1.54, 1.807) is 18.6 Å². The van der Waals surface area contributed by atoms with E-state index >= 15 is 0 Å². The summed E-state index contributed by atoms with van der Waals surface area (Å²) in [6, 6.07) is 1.79. The zero-order chi connectivity index (χ0) is 7.40. The Labute approximate surface area is 60.5 Å². The lowest BCUT2D eigenvalue weighted by Crippen LogP contribution is -1.93. The first-order valence-corrected chi connectivity index (χ1v) is 3.54. The summed E-state index contributed by atoms with van der Waals surface area (Å²) in [5.74, 6) is 0.